The van der Waals surface area contributed by atoms with E-state index >= 15 is 0 Å². The Morgan fingerprint density at radius 3 is 2.14 bits per heavy atom. The molecule has 0 aliphatic heterocycles. The second-order valence-electron chi connectivity index (χ2n) is 9.10. The molecule has 37 heavy (non-hydrogen) atoms. The minimum absolute atomic E-state index is 0.00350. The first kappa shape index (κ1) is 29.6. The average Bonchev–Trinajstić information content (AvgIpc) is 3.23. The van der Waals surface area contributed by atoms with Gasteiger partial charge in [0, 0.05) is 29.3 Å². The smallest absolute Gasteiger partial charge is 0.326 e. The highest BCUT2D eigenvalue weighted by atomic mass is 32.1. The van der Waals surface area contributed by atoms with Gasteiger partial charge in [-0.15, -0.1) is 0 Å². The molecule has 202 valence electrons. The number of carbonyl (C=O) groups excluding carboxylic acids is 3. The van der Waals surface area contributed by atoms with Gasteiger partial charge in [0.2, 0.25) is 17.7 Å². The Bertz CT molecular complexity index is 1140. The van der Waals surface area contributed by atoms with Crippen LogP contribution in [0.2, 0.25) is 0 Å². The van der Waals surface area contributed by atoms with Crippen molar-refractivity contribution in [2.24, 2.45) is 11.7 Å². The third kappa shape index (κ3) is 8.79. The van der Waals surface area contributed by atoms with Crippen LogP contribution in [0.3, 0.4) is 0 Å². The van der Waals surface area contributed by atoms with Crippen LogP contribution < -0.4 is 21.7 Å². The minimum atomic E-state index is -1.40. The summed E-state index contributed by atoms with van der Waals surface area (Å²) < 4.78 is 0. The maximum Gasteiger partial charge on any atom is 0.326 e. The molecule has 0 aliphatic carbocycles. The van der Waals surface area contributed by atoms with Gasteiger partial charge in [0.25, 0.3) is 0 Å². The molecule has 1 aromatic carbocycles. The first-order valence-corrected chi connectivity index (χ1v) is 12.3. The van der Waals surface area contributed by atoms with Crippen molar-refractivity contribution in [3.8, 4) is 0 Å². The molecule has 2 aromatic rings. The fourth-order valence-corrected chi connectivity index (χ4v) is 3.98. The summed E-state index contributed by atoms with van der Waals surface area (Å²) in [6.07, 6.45) is 1.24. The zero-order valence-corrected chi connectivity index (χ0v) is 21.5. The monoisotopic (exact) mass is 535 g/mol. The number of aliphatic carboxylic acids is 2. The van der Waals surface area contributed by atoms with Gasteiger partial charge in [0.1, 0.15) is 18.1 Å². The summed E-state index contributed by atoms with van der Waals surface area (Å²) in [4.78, 5) is 64.1. The average molecular weight is 536 g/mol. The molecule has 2 rings (SSSR count). The molecule has 4 atom stereocenters. The lowest BCUT2D eigenvalue weighted by atomic mass is 10.0. The van der Waals surface area contributed by atoms with Crippen molar-refractivity contribution >= 4 is 53.2 Å². The number of hydrogen-bond acceptors (Lipinski definition) is 7. The van der Waals surface area contributed by atoms with Crippen LogP contribution in [0.1, 0.15) is 32.3 Å². The predicted octanol–water partition coefficient (Wildman–Crippen LogP) is 0.0273. The number of amides is 3. The summed E-state index contributed by atoms with van der Waals surface area (Å²) in [5.74, 6) is -4.96. The highest BCUT2D eigenvalue weighted by Crippen LogP contribution is 2.19. The Balaban J connectivity index is 2.23. The van der Waals surface area contributed by atoms with Gasteiger partial charge < -0.3 is 36.9 Å². The summed E-state index contributed by atoms with van der Waals surface area (Å²) in [6.45, 7) is 3.63. The molecular formula is C24H33N5O7S. The number of nitrogens with two attached hydrogens (primary N) is 1. The number of thiol groups is 1. The SMILES string of the molecule is CC(C)CC(NC(=O)C(CS)NC(=O)C(Cc1c[nH]c2ccccc12)NC(=O)C(N)CC(=O)O)C(=O)O. The molecule has 0 saturated carbocycles. The van der Waals surface area contributed by atoms with E-state index < -0.39 is 60.2 Å². The summed E-state index contributed by atoms with van der Waals surface area (Å²) in [6, 6.07) is 2.36. The van der Waals surface area contributed by atoms with Crippen LogP contribution in [0.25, 0.3) is 10.9 Å². The first-order valence-electron chi connectivity index (χ1n) is 11.7. The van der Waals surface area contributed by atoms with Crippen LogP contribution in [0, 0.1) is 5.92 Å². The standard InChI is InChI=1S/C24H33N5O7S/c1-12(2)7-18(24(35)36)28-23(34)19(11-37)29-22(33)17(27-21(32)15(25)9-20(30)31)8-13-10-26-16-6-4-3-5-14(13)16/h3-6,10,12,15,17-19,26,37H,7-9,11,25H2,1-2H3,(H,27,32)(H,28,34)(H,29,33)(H,30,31)(H,35,36). The number of carboxylic acids is 2. The van der Waals surface area contributed by atoms with E-state index in [-0.39, 0.29) is 24.5 Å². The lowest BCUT2D eigenvalue weighted by Gasteiger charge is -2.24. The first-order chi connectivity index (χ1) is 17.4. The topological polar surface area (TPSA) is 204 Å². The molecule has 0 bridgehead atoms. The van der Waals surface area contributed by atoms with Crippen molar-refractivity contribution in [2.45, 2.75) is 57.3 Å². The highest BCUT2D eigenvalue weighted by Gasteiger charge is 2.31. The molecule has 13 heteroatoms. The van der Waals surface area contributed by atoms with Crippen molar-refractivity contribution in [3.63, 3.8) is 0 Å². The van der Waals surface area contributed by atoms with Gasteiger partial charge in [-0.2, -0.15) is 12.6 Å². The second-order valence-corrected chi connectivity index (χ2v) is 9.47. The molecule has 0 spiro atoms. The molecule has 8 N–H and O–H groups in total. The second kappa shape index (κ2) is 13.7. The van der Waals surface area contributed by atoms with Crippen molar-refractivity contribution in [3.05, 3.63) is 36.0 Å². The van der Waals surface area contributed by atoms with Crippen molar-refractivity contribution in [1.82, 2.24) is 20.9 Å². The van der Waals surface area contributed by atoms with Gasteiger partial charge in [-0.3, -0.25) is 19.2 Å². The number of fused-ring (bicyclic) bond motifs is 1. The van der Waals surface area contributed by atoms with E-state index in [1.165, 1.54) is 0 Å². The molecule has 1 heterocycles. The van der Waals surface area contributed by atoms with Crippen LogP contribution in [0.15, 0.2) is 30.5 Å². The van der Waals surface area contributed by atoms with E-state index in [9.17, 15) is 29.1 Å². The highest BCUT2D eigenvalue weighted by molar-refractivity contribution is 7.80. The largest absolute Gasteiger partial charge is 0.481 e. The van der Waals surface area contributed by atoms with E-state index in [1.54, 1.807) is 6.20 Å². The Morgan fingerprint density at radius 1 is 0.946 bits per heavy atom. The Kier molecular flexibility index (Phi) is 10.9. The fourth-order valence-electron chi connectivity index (χ4n) is 3.72. The van der Waals surface area contributed by atoms with E-state index in [0.717, 1.165) is 10.9 Å². The lowest BCUT2D eigenvalue weighted by molar-refractivity contribution is -0.142. The lowest BCUT2D eigenvalue weighted by Crippen LogP contribution is -2.58. The molecule has 12 nitrogen and oxygen atoms in total. The zero-order valence-electron chi connectivity index (χ0n) is 20.6. The summed E-state index contributed by atoms with van der Waals surface area (Å²) in [5, 5.41) is 26.6. The number of carbonyl (C=O) groups is 5. The van der Waals surface area contributed by atoms with E-state index in [0.29, 0.717) is 5.56 Å². The number of hydrogen-bond donors (Lipinski definition) is 8. The quantitative estimate of drug-likeness (QED) is 0.155. The molecule has 1 aromatic heterocycles. The number of para-hydroxylation sites is 1. The molecule has 3 amide bonds. The zero-order chi connectivity index (χ0) is 27.7. The number of benzene rings is 1. The Morgan fingerprint density at radius 2 is 1.54 bits per heavy atom. The Labute approximate surface area is 219 Å². The molecule has 4 unspecified atom stereocenters. The number of aromatic nitrogens is 1. The van der Waals surface area contributed by atoms with Crippen LogP contribution in [0.4, 0.5) is 0 Å². The van der Waals surface area contributed by atoms with Crippen molar-refractivity contribution in [2.75, 3.05) is 5.75 Å². The van der Waals surface area contributed by atoms with Crippen LogP contribution in [0.5, 0.6) is 0 Å². The maximum atomic E-state index is 13.2. The molecular weight excluding hydrogens is 502 g/mol. The maximum absolute atomic E-state index is 13.2. The van der Waals surface area contributed by atoms with Crippen LogP contribution in [-0.4, -0.2) is 74.8 Å². The third-order valence-electron chi connectivity index (χ3n) is 5.60. The minimum Gasteiger partial charge on any atom is -0.481 e. The summed E-state index contributed by atoms with van der Waals surface area (Å²) in [5.41, 5.74) is 7.17. The molecule has 0 radical (unpaired) electrons. The number of rotatable bonds is 14. The van der Waals surface area contributed by atoms with E-state index in [2.05, 4.69) is 33.6 Å². The third-order valence-corrected chi connectivity index (χ3v) is 5.97. The van der Waals surface area contributed by atoms with Crippen molar-refractivity contribution in [1.29, 1.82) is 0 Å². The van der Waals surface area contributed by atoms with E-state index in [4.69, 9.17) is 10.8 Å². The van der Waals surface area contributed by atoms with Gasteiger partial charge in [-0.1, -0.05) is 32.0 Å². The number of nitrogens with one attached hydrogen (secondary N) is 4. The molecule has 0 aliphatic rings. The van der Waals surface area contributed by atoms with E-state index in [1.807, 2.05) is 38.1 Å². The van der Waals surface area contributed by atoms with Gasteiger partial charge in [-0.25, -0.2) is 4.79 Å². The predicted molar refractivity (Wildman–Crippen MR) is 139 cm³/mol. The normalized spacial score (nSPS) is 14.4. The summed E-state index contributed by atoms with van der Waals surface area (Å²) in [7, 11) is 0. The molecule has 0 fully saturated rings. The van der Waals surface area contributed by atoms with Crippen LogP contribution >= 0.6 is 12.6 Å². The number of H-pyrrole nitrogens is 1. The summed E-state index contributed by atoms with van der Waals surface area (Å²) >= 11 is 4.12. The fraction of sp³-hybridized carbons (Fsp3) is 0.458. The Hall–Kier alpha value is -3.58. The van der Waals surface area contributed by atoms with Gasteiger partial charge in [0.15, 0.2) is 0 Å². The number of carboxylic acid groups (broad SMARTS) is 2. The van der Waals surface area contributed by atoms with Gasteiger partial charge in [0.05, 0.1) is 12.5 Å². The van der Waals surface area contributed by atoms with Gasteiger partial charge in [-0.05, 0) is 24.0 Å². The van der Waals surface area contributed by atoms with Crippen LogP contribution in [-0.2, 0) is 30.4 Å². The molecule has 0 saturated heterocycles. The number of aromatic amines is 1. The van der Waals surface area contributed by atoms with Gasteiger partial charge >= 0.3 is 11.9 Å². The van der Waals surface area contributed by atoms with Crippen molar-refractivity contribution < 1.29 is 34.2 Å².